The number of epoxide rings is 1. The van der Waals surface area contributed by atoms with E-state index in [1.165, 1.54) is 6.08 Å². The Bertz CT molecular complexity index is 827. The quantitative estimate of drug-likeness (QED) is 0.279. The van der Waals surface area contributed by atoms with E-state index < -0.39 is 30.4 Å². The lowest BCUT2D eigenvalue weighted by Gasteiger charge is -2.25. The van der Waals surface area contributed by atoms with Crippen LogP contribution in [0.1, 0.15) is 44.9 Å². The lowest BCUT2D eigenvalue weighted by Crippen LogP contribution is -2.30. The van der Waals surface area contributed by atoms with E-state index in [4.69, 9.17) is 23.7 Å². The molecule has 0 radical (unpaired) electrons. The number of aliphatic hydroxyl groups is 1. The van der Waals surface area contributed by atoms with Gasteiger partial charge in [0.2, 0.25) is 0 Å². The van der Waals surface area contributed by atoms with Crippen LogP contribution in [-0.4, -0.2) is 73.5 Å². The van der Waals surface area contributed by atoms with Gasteiger partial charge in [-0.15, -0.1) is 0 Å². The van der Waals surface area contributed by atoms with E-state index in [0.717, 1.165) is 37.5 Å². The van der Waals surface area contributed by atoms with Gasteiger partial charge in [0.25, 0.3) is 0 Å². The Balaban J connectivity index is 1.46. The molecular weight excluding hydrogens is 452 g/mol. The van der Waals surface area contributed by atoms with Gasteiger partial charge in [-0.25, -0.2) is 4.79 Å². The largest absolute Gasteiger partial charge is 0.458 e. The van der Waals surface area contributed by atoms with Gasteiger partial charge in [0.05, 0.1) is 43.5 Å². The Hall–Kier alpha value is -2.10. The molecule has 8 nitrogen and oxygen atoms in total. The highest BCUT2D eigenvalue weighted by Crippen LogP contribution is 2.35. The number of cyclic esters (lactones) is 1. The molecular formula is C27H36O8. The van der Waals surface area contributed by atoms with E-state index in [2.05, 4.69) is 12.7 Å². The molecule has 2 fully saturated rings. The van der Waals surface area contributed by atoms with Crippen molar-refractivity contribution in [2.45, 2.75) is 87.9 Å². The summed E-state index contributed by atoms with van der Waals surface area (Å²) >= 11 is 0. The summed E-state index contributed by atoms with van der Waals surface area (Å²) in [6.45, 7) is 5.11. The first kappa shape index (κ1) is 26.0. The topological polar surface area (TPSA) is 104 Å². The number of aldehydes is 1. The number of ether oxygens (including phenoxy) is 5. The van der Waals surface area contributed by atoms with Gasteiger partial charge in [-0.1, -0.05) is 36.5 Å². The zero-order valence-electron chi connectivity index (χ0n) is 20.0. The third-order valence-corrected chi connectivity index (χ3v) is 6.75. The number of hydrogen-bond donors (Lipinski definition) is 1. The fourth-order valence-electron chi connectivity index (χ4n) is 4.79. The molecule has 0 aromatic heterocycles. The molecule has 7 atom stereocenters. The second-order valence-electron chi connectivity index (χ2n) is 9.57. The van der Waals surface area contributed by atoms with Crippen molar-refractivity contribution >= 4 is 12.3 Å². The number of esters is 1. The molecule has 35 heavy (non-hydrogen) atoms. The average Bonchev–Trinajstić information content (AvgIpc) is 3.40. The smallest absolute Gasteiger partial charge is 0.330 e. The van der Waals surface area contributed by atoms with Crippen molar-refractivity contribution in [3.8, 4) is 0 Å². The van der Waals surface area contributed by atoms with E-state index in [1.54, 1.807) is 18.2 Å². The lowest BCUT2D eigenvalue weighted by molar-refractivity contribution is -0.146. The van der Waals surface area contributed by atoms with Crippen molar-refractivity contribution in [3.63, 3.8) is 0 Å². The first-order valence-corrected chi connectivity index (χ1v) is 12.6. The van der Waals surface area contributed by atoms with Crippen molar-refractivity contribution in [1.82, 2.24) is 0 Å². The summed E-state index contributed by atoms with van der Waals surface area (Å²) in [4.78, 5) is 24.5. The predicted octanol–water partition coefficient (Wildman–Crippen LogP) is 2.95. The molecule has 2 bridgehead atoms. The number of hydrogen-bond acceptors (Lipinski definition) is 8. The summed E-state index contributed by atoms with van der Waals surface area (Å²) in [6.07, 6.45) is 13.6. The molecule has 1 N–H and O–H groups in total. The number of aliphatic hydroxyl groups excluding tert-OH is 1. The molecule has 0 spiro atoms. The number of fused-ring (bicyclic) bond motifs is 3. The summed E-state index contributed by atoms with van der Waals surface area (Å²) in [6, 6.07) is 0. The van der Waals surface area contributed by atoms with Crippen LogP contribution in [-0.2, 0) is 33.3 Å². The van der Waals surface area contributed by atoms with Gasteiger partial charge in [-0.05, 0) is 44.6 Å². The van der Waals surface area contributed by atoms with Crippen molar-refractivity contribution in [2.75, 3.05) is 13.2 Å². The van der Waals surface area contributed by atoms with Crippen molar-refractivity contribution in [2.24, 2.45) is 5.92 Å². The maximum absolute atomic E-state index is 12.6. The summed E-state index contributed by atoms with van der Waals surface area (Å²) in [5.41, 5.74) is 0.979. The molecule has 0 aromatic rings. The van der Waals surface area contributed by atoms with Gasteiger partial charge in [-0.2, -0.15) is 0 Å². The molecule has 0 saturated carbocycles. The molecule has 4 unspecified atom stereocenters. The number of rotatable bonds is 4. The van der Waals surface area contributed by atoms with E-state index in [-0.39, 0.29) is 24.4 Å². The Morgan fingerprint density at radius 1 is 1.14 bits per heavy atom. The molecule has 8 heteroatoms. The predicted molar refractivity (Wildman–Crippen MR) is 127 cm³/mol. The highest BCUT2D eigenvalue weighted by atomic mass is 16.7. The third-order valence-electron chi connectivity index (χ3n) is 6.75. The highest BCUT2D eigenvalue weighted by molar-refractivity contribution is 5.82. The minimum Gasteiger partial charge on any atom is -0.458 e. The molecule has 0 amide bonds. The van der Waals surface area contributed by atoms with Gasteiger partial charge in [0, 0.05) is 12.5 Å². The maximum atomic E-state index is 12.6. The van der Waals surface area contributed by atoms with Crippen molar-refractivity contribution < 1.29 is 38.4 Å². The fourth-order valence-corrected chi connectivity index (χ4v) is 4.79. The Labute approximate surface area is 206 Å². The molecule has 4 rings (SSSR count). The van der Waals surface area contributed by atoms with Gasteiger partial charge in [0.1, 0.15) is 18.5 Å². The standard InChI is InChI=1S/C27H36O8/c1-18-5-2-6-20-7-3-8-21(33-20)9-4-10-25(30)34-23(16-24-27(35-24)22(29)15-18)19(17-28)11-12-26-31-13-14-32-26/h3-4,8,10-12,17,19-24,26-27,29H,1-2,5-7,9,13-16H2/b10-4-,12-11+/t19?,20-,21?,22+,23?,24+,27?/m1/s1. The van der Waals surface area contributed by atoms with Crippen LogP contribution in [0, 0.1) is 5.92 Å². The SMILES string of the molecule is C=C1CCC[C@@H]2CC=CC(C/C=C\C(=O)OC(C(C=O)/C=C/C3OCCO3)C[C@@H]3OC3[C@@H](O)C1)O2. The van der Waals surface area contributed by atoms with Crippen LogP contribution in [0.2, 0.25) is 0 Å². The first-order chi connectivity index (χ1) is 17.0. The van der Waals surface area contributed by atoms with E-state index >= 15 is 0 Å². The van der Waals surface area contributed by atoms with Crippen LogP contribution < -0.4 is 0 Å². The van der Waals surface area contributed by atoms with Crippen LogP contribution >= 0.6 is 0 Å². The second-order valence-corrected chi connectivity index (χ2v) is 9.57. The van der Waals surface area contributed by atoms with E-state index in [1.807, 2.05) is 6.08 Å². The van der Waals surface area contributed by atoms with Crippen LogP contribution in [0.25, 0.3) is 0 Å². The van der Waals surface area contributed by atoms with Crippen molar-refractivity contribution in [1.29, 1.82) is 0 Å². The number of carbonyl (C=O) groups is 2. The van der Waals surface area contributed by atoms with E-state index in [9.17, 15) is 14.7 Å². The molecule has 0 aromatic carbocycles. The van der Waals surface area contributed by atoms with E-state index in [0.29, 0.717) is 32.5 Å². The average molecular weight is 489 g/mol. The first-order valence-electron chi connectivity index (χ1n) is 12.6. The lowest BCUT2D eigenvalue weighted by atomic mass is 9.95. The molecule has 192 valence electrons. The minimum atomic E-state index is -0.748. The van der Waals surface area contributed by atoms with Crippen LogP contribution in [0.15, 0.2) is 48.6 Å². The zero-order chi connectivity index (χ0) is 24.6. The number of carbonyl (C=O) groups excluding carboxylic acids is 2. The molecule has 4 aliphatic rings. The monoisotopic (exact) mass is 488 g/mol. The third kappa shape index (κ3) is 7.95. The second kappa shape index (κ2) is 12.7. The highest BCUT2D eigenvalue weighted by Gasteiger charge is 2.46. The maximum Gasteiger partial charge on any atom is 0.330 e. The molecule has 0 aliphatic carbocycles. The Kier molecular flexibility index (Phi) is 9.45. The normalized spacial score (nSPS) is 37.2. The van der Waals surface area contributed by atoms with Gasteiger partial charge < -0.3 is 33.6 Å². The van der Waals surface area contributed by atoms with Gasteiger partial charge >= 0.3 is 5.97 Å². The van der Waals surface area contributed by atoms with Crippen molar-refractivity contribution in [3.05, 3.63) is 48.6 Å². The summed E-state index contributed by atoms with van der Waals surface area (Å²) in [5.74, 6) is -1.24. The molecule has 2 saturated heterocycles. The summed E-state index contributed by atoms with van der Waals surface area (Å²) in [5, 5.41) is 10.7. The summed E-state index contributed by atoms with van der Waals surface area (Å²) < 4.78 is 28.3. The fraction of sp³-hybridized carbons (Fsp3) is 0.630. The molecule has 4 heterocycles. The van der Waals surface area contributed by atoms with Gasteiger partial charge in [-0.3, -0.25) is 0 Å². The molecule has 4 aliphatic heterocycles. The van der Waals surface area contributed by atoms with Crippen LogP contribution in [0.5, 0.6) is 0 Å². The summed E-state index contributed by atoms with van der Waals surface area (Å²) in [7, 11) is 0. The minimum absolute atomic E-state index is 0.0878. The zero-order valence-corrected chi connectivity index (χ0v) is 20.0. The van der Waals surface area contributed by atoms with Gasteiger partial charge in [0.15, 0.2) is 6.29 Å². The van der Waals surface area contributed by atoms with Crippen LogP contribution in [0.3, 0.4) is 0 Å². The van der Waals surface area contributed by atoms with Crippen LogP contribution in [0.4, 0.5) is 0 Å². The Morgan fingerprint density at radius 2 is 1.97 bits per heavy atom. The Morgan fingerprint density at radius 3 is 2.77 bits per heavy atom.